The molecule has 0 amide bonds. The lowest BCUT2D eigenvalue weighted by Gasteiger charge is -2.21. The van der Waals surface area contributed by atoms with Crippen molar-refractivity contribution in [3.8, 4) is 0 Å². The Balaban J connectivity index is 1.71. The van der Waals surface area contributed by atoms with E-state index in [0.29, 0.717) is 61.9 Å². The maximum absolute atomic E-state index is 13.0. The summed E-state index contributed by atoms with van der Waals surface area (Å²) in [7, 11) is -2.34. The first kappa shape index (κ1) is 19.6. The van der Waals surface area contributed by atoms with Gasteiger partial charge in [0.05, 0.1) is 19.9 Å². The molecule has 1 aliphatic rings. The average Bonchev–Trinajstić information content (AvgIpc) is 3.13. The van der Waals surface area contributed by atoms with E-state index in [1.54, 1.807) is 19.9 Å². The maximum atomic E-state index is 13.0. The molecule has 0 unspecified atom stereocenters. The third-order valence-electron chi connectivity index (χ3n) is 4.63. The number of aromatic nitrogens is 1. The highest BCUT2D eigenvalue weighted by atomic mass is 32.2. The van der Waals surface area contributed by atoms with Crippen LogP contribution < -0.4 is 0 Å². The van der Waals surface area contributed by atoms with Crippen LogP contribution in [0.5, 0.6) is 0 Å². The zero-order valence-electron chi connectivity index (χ0n) is 15.6. The van der Waals surface area contributed by atoms with Crippen molar-refractivity contribution in [3.63, 3.8) is 0 Å². The molecule has 2 aromatic rings. The average molecular weight is 397 g/mol. The number of nitrogens with zero attached hydrogens (tertiary/aromatic N) is 3. The summed E-state index contributed by atoms with van der Waals surface area (Å²) >= 11 is 0. The first-order chi connectivity index (χ1) is 12.8. The van der Waals surface area contributed by atoms with Gasteiger partial charge in [0, 0.05) is 19.6 Å². The van der Waals surface area contributed by atoms with Crippen molar-refractivity contribution in [2.45, 2.75) is 31.7 Å². The smallest absolute Gasteiger partial charge is 0.341 e. The molecule has 1 saturated heterocycles. The summed E-state index contributed by atoms with van der Waals surface area (Å²) in [6.45, 7) is 5.59. The van der Waals surface area contributed by atoms with Gasteiger partial charge in [-0.2, -0.15) is 4.31 Å². The van der Waals surface area contributed by atoms with Gasteiger partial charge in [0.1, 0.15) is 21.9 Å². The molecule has 0 aromatic carbocycles. The molecule has 9 nitrogen and oxygen atoms in total. The molecule has 2 aromatic heterocycles. The number of hydrogen-bond donors (Lipinski definition) is 0. The number of carbonyl (C=O) groups is 1. The van der Waals surface area contributed by atoms with Gasteiger partial charge < -0.3 is 13.7 Å². The number of sulfonamides is 1. The second-order valence-electron chi connectivity index (χ2n) is 6.44. The van der Waals surface area contributed by atoms with Gasteiger partial charge in [-0.25, -0.2) is 13.2 Å². The van der Waals surface area contributed by atoms with Crippen LogP contribution in [-0.4, -0.2) is 62.0 Å². The van der Waals surface area contributed by atoms with Gasteiger partial charge in [-0.05, 0) is 32.9 Å². The monoisotopic (exact) mass is 397 g/mol. The number of esters is 1. The number of ether oxygens (including phenoxy) is 1. The van der Waals surface area contributed by atoms with Crippen molar-refractivity contribution in [3.05, 3.63) is 35.1 Å². The van der Waals surface area contributed by atoms with E-state index in [-0.39, 0.29) is 4.90 Å². The lowest BCUT2D eigenvalue weighted by Crippen LogP contribution is -2.35. The summed E-state index contributed by atoms with van der Waals surface area (Å²) in [6, 6.07) is 1.58. The summed E-state index contributed by atoms with van der Waals surface area (Å²) in [5.74, 6) is 0.368. The minimum atomic E-state index is -3.66. The minimum absolute atomic E-state index is 0.148. The van der Waals surface area contributed by atoms with Gasteiger partial charge >= 0.3 is 5.97 Å². The van der Waals surface area contributed by atoms with Gasteiger partial charge in [-0.3, -0.25) is 4.90 Å². The van der Waals surface area contributed by atoms with E-state index in [2.05, 4.69) is 10.1 Å². The van der Waals surface area contributed by atoms with E-state index < -0.39 is 16.0 Å². The number of hydrogen-bond acceptors (Lipinski definition) is 8. The predicted octanol–water partition coefficient (Wildman–Crippen LogP) is 1.57. The second-order valence-corrected chi connectivity index (χ2v) is 8.31. The summed E-state index contributed by atoms with van der Waals surface area (Å²) in [5, 5.41) is 3.75. The van der Waals surface area contributed by atoms with Gasteiger partial charge in [0.15, 0.2) is 5.76 Å². The van der Waals surface area contributed by atoms with Crippen molar-refractivity contribution in [2.24, 2.45) is 0 Å². The molecule has 0 saturated carbocycles. The third-order valence-corrected chi connectivity index (χ3v) is 6.77. The van der Waals surface area contributed by atoms with Crippen LogP contribution >= 0.6 is 0 Å². The number of carbonyl (C=O) groups excluding carboxylic acids is 1. The molecule has 1 aliphatic heterocycles. The molecule has 0 atom stereocenters. The van der Waals surface area contributed by atoms with E-state index in [1.165, 1.54) is 17.7 Å². The first-order valence-corrected chi connectivity index (χ1v) is 10.1. The van der Waals surface area contributed by atoms with E-state index in [1.807, 2.05) is 0 Å². The Hall–Kier alpha value is -2.17. The van der Waals surface area contributed by atoms with Crippen molar-refractivity contribution < 1.29 is 26.9 Å². The lowest BCUT2D eigenvalue weighted by atomic mass is 10.2. The highest BCUT2D eigenvalue weighted by molar-refractivity contribution is 7.89. The number of aryl methyl sites for hydroxylation is 2. The van der Waals surface area contributed by atoms with Crippen LogP contribution in [0.15, 0.2) is 26.2 Å². The fourth-order valence-electron chi connectivity index (χ4n) is 3.28. The third kappa shape index (κ3) is 3.92. The Morgan fingerprint density at radius 1 is 1.26 bits per heavy atom. The van der Waals surface area contributed by atoms with Crippen LogP contribution in [0.3, 0.4) is 0 Å². The normalized spacial score (nSPS) is 17.0. The lowest BCUT2D eigenvalue weighted by molar-refractivity contribution is 0.0596. The van der Waals surface area contributed by atoms with Crippen LogP contribution in [0.1, 0.15) is 34.0 Å². The molecule has 0 aliphatic carbocycles. The molecule has 0 bridgehead atoms. The molecular formula is C17H23N3O6S. The highest BCUT2D eigenvalue weighted by Gasteiger charge is 2.32. The summed E-state index contributed by atoms with van der Waals surface area (Å²) in [5.41, 5.74) is 0.758. The number of methoxy groups -OCH3 is 1. The summed E-state index contributed by atoms with van der Waals surface area (Å²) in [6.07, 6.45) is 2.12. The van der Waals surface area contributed by atoms with E-state index in [4.69, 9.17) is 13.7 Å². The fraction of sp³-hybridized carbons (Fsp3) is 0.529. The fourth-order valence-corrected chi connectivity index (χ4v) is 5.04. The highest BCUT2D eigenvalue weighted by Crippen LogP contribution is 2.24. The largest absolute Gasteiger partial charge is 0.467 e. The molecule has 0 spiro atoms. The molecule has 3 heterocycles. The summed E-state index contributed by atoms with van der Waals surface area (Å²) < 4.78 is 42.6. The van der Waals surface area contributed by atoms with E-state index in [9.17, 15) is 13.2 Å². The molecule has 3 rings (SSSR count). The zero-order chi connectivity index (χ0) is 19.6. The van der Waals surface area contributed by atoms with Gasteiger partial charge in [0.25, 0.3) is 0 Å². The molecule has 1 fully saturated rings. The van der Waals surface area contributed by atoms with E-state index in [0.717, 1.165) is 0 Å². The molecule has 0 N–H and O–H groups in total. The molecule has 0 radical (unpaired) electrons. The van der Waals surface area contributed by atoms with Crippen LogP contribution in [0.4, 0.5) is 0 Å². The van der Waals surface area contributed by atoms with Crippen LogP contribution in [-0.2, 0) is 21.3 Å². The van der Waals surface area contributed by atoms with Crippen LogP contribution in [0.2, 0.25) is 0 Å². The maximum Gasteiger partial charge on any atom is 0.341 e. The second kappa shape index (κ2) is 7.83. The minimum Gasteiger partial charge on any atom is -0.467 e. The predicted molar refractivity (Wildman–Crippen MR) is 94.7 cm³/mol. The van der Waals surface area contributed by atoms with Crippen molar-refractivity contribution >= 4 is 16.0 Å². The van der Waals surface area contributed by atoms with Crippen molar-refractivity contribution in [2.75, 3.05) is 33.3 Å². The zero-order valence-corrected chi connectivity index (χ0v) is 16.4. The number of rotatable bonds is 5. The first-order valence-electron chi connectivity index (χ1n) is 8.64. The van der Waals surface area contributed by atoms with Gasteiger partial charge in [-0.15, -0.1) is 0 Å². The number of furan rings is 1. The Bertz CT molecular complexity index is 897. The SMILES string of the molecule is COC(=O)c1ccoc1CN1CCCN(S(=O)(=O)c2c(C)noc2C)CC1. The molecule has 148 valence electrons. The topological polar surface area (TPSA) is 106 Å². The van der Waals surface area contributed by atoms with Crippen LogP contribution in [0.25, 0.3) is 0 Å². The Kier molecular flexibility index (Phi) is 5.68. The standard InChI is InChI=1S/C17H23N3O6S/c1-12-16(13(2)26-18-12)27(22,23)20-7-4-6-19(8-9-20)11-15-14(5-10-25-15)17(21)24-3/h5,10H,4,6-9,11H2,1-3H3. The van der Waals surface area contributed by atoms with Gasteiger partial charge in [0.2, 0.25) is 10.0 Å². The Labute approximate surface area is 157 Å². The Morgan fingerprint density at radius 3 is 2.70 bits per heavy atom. The molecule has 10 heteroatoms. The van der Waals surface area contributed by atoms with Gasteiger partial charge in [-0.1, -0.05) is 5.16 Å². The quantitative estimate of drug-likeness (QED) is 0.700. The molecular weight excluding hydrogens is 374 g/mol. The Morgan fingerprint density at radius 2 is 2.04 bits per heavy atom. The van der Waals surface area contributed by atoms with Crippen molar-refractivity contribution in [1.29, 1.82) is 0 Å². The summed E-state index contributed by atoms with van der Waals surface area (Å²) in [4.78, 5) is 14.0. The van der Waals surface area contributed by atoms with Crippen molar-refractivity contribution in [1.82, 2.24) is 14.4 Å². The van der Waals surface area contributed by atoms with E-state index >= 15 is 0 Å². The van der Waals surface area contributed by atoms with Crippen LogP contribution in [0, 0.1) is 13.8 Å². The molecule has 27 heavy (non-hydrogen) atoms.